The lowest BCUT2D eigenvalue weighted by molar-refractivity contribution is 0.0684. The van der Waals surface area contributed by atoms with Crippen molar-refractivity contribution in [1.82, 2.24) is 0 Å². The SMILES string of the molecule is CC(C)S(=O)(=O)Nc1ccccc1CCc1ccccc1C(=O)O.O=C(O)c1ccc(S(=O)(=O)Nc2ccccc2CCc2ccccc2C(=O)O)cc1.O=C(O)c1ccccc1CCc1ccccc1NS(=O)(=O)c1cccs1. The summed E-state index contributed by atoms with van der Waals surface area (Å²) in [4.78, 5) is 44.9. The largest absolute Gasteiger partial charge is 0.478 e. The van der Waals surface area contributed by atoms with Gasteiger partial charge in [-0.25, -0.2) is 44.4 Å². The van der Waals surface area contributed by atoms with Crippen molar-refractivity contribution < 1.29 is 64.9 Å². The van der Waals surface area contributed by atoms with Crippen LogP contribution in [0.25, 0.3) is 0 Å². The maximum Gasteiger partial charge on any atom is 0.335 e. The summed E-state index contributed by atoms with van der Waals surface area (Å²) >= 11 is 1.15. The lowest BCUT2D eigenvalue weighted by Gasteiger charge is -2.15. The number of carboxylic acid groups (broad SMARTS) is 4. The minimum absolute atomic E-state index is 0.00792. The molecule has 0 unspecified atom stereocenters. The van der Waals surface area contributed by atoms with Crippen LogP contribution in [-0.4, -0.2) is 74.8 Å². The molecule has 0 saturated heterocycles. The highest BCUT2D eigenvalue weighted by Gasteiger charge is 2.21. The van der Waals surface area contributed by atoms with E-state index >= 15 is 0 Å². The Balaban J connectivity index is 0.000000195. The number of nitrogens with one attached hydrogen (secondary N) is 3. The number of thiophene rings is 1. The van der Waals surface area contributed by atoms with Crippen LogP contribution in [0.1, 0.15) is 88.7 Å². The second kappa shape index (κ2) is 27.8. The van der Waals surface area contributed by atoms with Gasteiger partial charge in [0, 0.05) is 0 Å². The summed E-state index contributed by atoms with van der Waals surface area (Å²) in [6.07, 6.45) is 2.94. The molecule has 7 N–H and O–H groups in total. The van der Waals surface area contributed by atoms with Crippen LogP contribution in [-0.2, 0) is 68.6 Å². The first-order valence-corrected chi connectivity index (χ1v) is 30.1. The number of anilines is 3. The summed E-state index contributed by atoms with van der Waals surface area (Å²) < 4.78 is 82.5. The minimum Gasteiger partial charge on any atom is -0.478 e. The molecule has 1 aromatic heterocycles. The van der Waals surface area contributed by atoms with E-state index in [4.69, 9.17) is 5.11 Å². The Kier molecular flexibility index (Phi) is 21.1. The zero-order valence-electron chi connectivity index (χ0n) is 43.2. The van der Waals surface area contributed by atoms with E-state index in [1.54, 1.807) is 147 Å². The number of aromatic carboxylic acids is 4. The lowest BCUT2D eigenvalue weighted by atomic mass is 9.99. The molecule has 17 nitrogen and oxygen atoms in total. The third kappa shape index (κ3) is 16.9. The average Bonchev–Trinajstić information content (AvgIpc) is 4.00. The maximum absolute atomic E-state index is 12.7. The molecular weight excluding hydrogens is 1100 g/mol. The molecule has 7 aromatic carbocycles. The molecule has 1 heterocycles. The van der Waals surface area contributed by atoms with Gasteiger partial charge in [0.25, 0.3) is 20.0 Å². The van der Waals surface area contributed by atoms with Gasteiger partial charge in [-0.3, -0.25) is 14.2 Å². The molecule has 416 valence electrons. The summed E-state index contributed by atoms with van der Waals surface area (Å²) in [5.74, 6) is -4.07. The third-order valence-corrected chi connectivity index (χ3v) is 18.2. The normalized spacial score (nSPS) is 11.2. The van der Waals surface area contributed by atoms with E-state index in [1.807, 2.05) is 24.3 Å². The van der Waals surface area contributed by atoms with Crippen molar-refractivity contribution in [3.63, 3.8) is 0 Å². The van der Waals surface area contributed by atoms with Crippen molar-refractivity contribution in [3.8, 4) is 0 Å². The number of rotatable bonds is 22. The number of sulfonamides is 3. The number of hydrogen-bond donors (Lipinski definition) is 7. The number of benzene rings is 7. The van der Waals surface area contributed by atoms with E-state index in [0.717, 1.165) is 33.6 Å². The molecule has 0 saturated carbocycles. The monoisotopic (exact) mass is 1160 g/mol. The Morgan fingerprint density at radius 2 is 0.713 bits per heavy atom. The molecule has 0 aliphatic heterocycles. The van der Waals surface area contributed by atoms with E-state index in [9.17, 15) is 59.8 Å². The van der Waals surface area contributed by atoms with Crippen molar-refractivity contribution >= 4 is 82.3 Å². The van der Waals surface area contributed by atoms with Crippen molar-refractivity contribution in [2.45, 2.75) is 66.7 Å². The van der Waals surface area contributed by atoms with E-state index in [2.05, 4.69) is 14.2 Å². The molecule has 8 rings (SSSR count). The number of para-hydroxylation sites is 3. The van der Waals surface area contributed by atoms with Crippen LogP contribution < -0.4 is 14.2 Å². The van der Waals surface area contributed by atoms with Crippen molar-refractivity contribution in [2.24, 2.45) is 0 Å². The highest BCUT2D eigenvalue weighted by Crippen LogP contribution is 2.27. The molecule has 0 aliphatic carbocycles. The highest BCUT2D eigenvalue weighted by atomic mass is 32.2. The van der Waals surface area contributed by atoms with Crippen LogP contribution in [0.3, 0.4) is 0 Å². The fraction of sp³-hybridized carbons (Fsp3) is 0.153. The van der Waals surface area contributed by atoms with Gasteiger partial charge in [0.2, 0.25) is 10.0 Å². The Morgan fingerprint density at radius 3 is 1.05 bits per heavy atom. The summed E-state index contributed by atoms with van der Waals surface area (Å²) in [5, 5.41) is 38.0. The maximum atomic E-state index is 12.7. The molecular formula is C59H57N3O14S4. The number of carbonyl (C=O) groups is 4. The summed E-state index contributed by atoms with van der Waals surface area (Å²) in [6, 6.07) is 49.7. The van der Waals surface area contributed by atoms with E-state index in [-0.39, 0.29) is 31.4 Å². The summed E-state index contributed by atoms with van der Waals surface area (Å²) in [6.45, 7) is 3.24. The Morgan fingerprint density at radius 1 is 0.388 bits per heavy atom. The highest BCUT2D eigenvalue weighted by molar-refractivity contribution is 7.94. The van der Waals surface area contributed by atoms with Crippen LogP contribution in [0.4, 0.5) is 17.1 Å². The van der Waals surface area contributed by atoms with E-state index in [1.165, 1.54) is 30.3 Å². The first-order valence-electron chi connectivity index (χ1n) is 24.7. The Hall–Kier alpha value is -8.63. The number of hydrogen-bond acceptors (Lipinski definition) is 11. The fourth-order valence-corrected chi connectivity index (χ4v) is 12.0. The smallest absolute Gasteiger partial charge is 0.335 e. The quantitative estimate of drug-likeness (QED) is 0.0332. The van der Waals surface area contributed by atoms with Gasteiger partial charge < -0.3 is 20.4 Å². The molecule has 0 fully saturated rings. The average molecular weight is 1160 g/mol. The van der Waals surface area contributed by atoms with E-state index < -0.39 is 59.2 Å². The second-order valence-corrected chi connectivity index (χ2v) is 24.8. The molecule has 0 radical (unpaired) electrons. The van der Waals surface area contributed by atoms with Gasteiger partial charge in [0.1, 0.15) is 4.21 Å². The molecule has 0 atom stereocenters. The molecule has 0 spiro atoms. The summed E-state index contributed by atoms with van der Waals surface area (Å²) in [5.41, 5.74) is 6.65. The summed E-state index contributed by atoms with van der Waals surface area (Å²) in [7, 11) is -11.0. The fourth-order valence-electron chi connectivity index (χ4n) is 8.03. The molecule has 0 bridgehead atoms. The molecule has 0 aliphatic rings. The van der Waals surface area contributed by atoms with Crippen LogP contribution >= 0.6 is 11.3 Å². The van der Waals surface area contributed by atoms with Gasteiger partial charge in [-0.15, -0.1) is 11.3 Å². The zero-order valence-corrected chi connectivity index (χ0v) is 46.5. The first-order chi connectivity index (χ1) is 38.1. The van der Waals surface area contributed by atoms with Crippen LogP contribution in [0, 0.1) is 0 Å². The van der Waals surface area contributed by atoms with E-state index in [0.29, 0.717) is 66.7 Å². The zero-order chi connectivity index (χ0) is 58.0. The molecule has 8 aromatic rings. The molecule has 80 heavy (non-hydrogen) atoms. The molecule has 21 heteroatoms. The van der Waals surface area contributed by atoms with Crippen molar-refractivity contribution in [1.29, 1.82) is 0 Å². The Labute approximate surface area is 468 Å². The van der Waals surface area contributed by atoms with Crippen molar-refractivity contribution in [2.75, 3.05) is 14.2 Å². The number of aryl methyl sites for hydroxylation is 6. The van der Waals surface area contributed by atoms with Crippen LogP contribution in [0.5, 0.6) is 0 Å². The van der Waals surface area contributed by atoms with Gasteiger partial charge in [-0.2, -0.15) is 0 Å². The van der Waals surface area contributed by atoms with Gasteiger partial charge >= 0.3 is 23.9 Å². The van der Waals surface area contributed by atoms with Gasteiger partial charge in [0.05, 0.1) is 49.5 Å². The first kappa shape index (κ1) is 60.6. The third-order valence-electron chi connectivity index (χ3n) is 12.3. The predicted octanol–water partition coefficient (Wildman–Crippen LogP) is 11.0. The van der Waals surface area contributed by atoms with Crippen LogP contribution in [0.2, 0.25) is 0 Å². The standard InChI is InChI=1S/C22H19NO6S.C19H17NO4S2.C18H21NO4S/c24-21(25)17-11-13-18(14-12-17)30(28,29)23-20-8-4-2-6-16(20)10-9-15-5-1-3-7-19(15)22(26)27;21-19(22)16-8-3-1-6-14(16)11-12-15-7-2-4-9-17(15)20-26(23,24)18-10-5-13-25-18;1-13(2)24(22,23)19-17-10-6-4-8-15(17)12-11-14-7-3-5-9-16(14)18(20)21/h1-8,11-14,23H,9-10H2,(H,24,25)(H,26,27);1-10,13,20H,11-12H2,(H,21,22);3-10,13,19H,11-12H2,1-2H3,(H,20,21). The predicted molar refractivity (Wildman–Crippen MR) is 309 cm³/mol. The number of carboxylic acids is 4. The molecule has 0 amide bonds. The topological polar surface area (TPSA) is 288 Å². The van der Waals surface area contributed by atoms with Gasteiger partial charge in [-0.1, -0.05) is 115 Å². The lowest BCUT2D eigenvalue weighted by Crippen LogP contribution is -2.23. The second-order valence-electron chi connectivity index (χ2n) is 18.0. The van der Waals surface area contributed by atoms with Gasteiger partial charge in [0.15, 0.2) is 0 Å². The Bertz CT molecular complexity index is 3810. The minimum atomic E-state index is -3.92. The van der Waals surface area contributed by atoms with Crippen molar-refractivity contribution in [3.05, 3.63) is 243 Å². The van der Waals surface area contributed by atoms with Gasteiger partial charge in [-0.05, 0) is 158 Å². The van der Waals surface area contributed by atoms with Crippen LogP contribution in [0.15, 0.2) is 196 Å².